The molecule has 2 atom stereocenters. The fourth-order valence-electron chi connectivity index (χ4n) is 3.14. The highest BCUT2D eigenvalue weighted by Crippen LogP contribution is 2.39. The lowest BCUT2D eigenvalue weighted by molar-refractivity contribution is -0.119. The van der Waals surface area contributed by atoms with Gasteiger partial charge in [-0.3, -0.25) is 9.59 Å². The second-order valence-corrected chi connectivity index (χ2v) is 10.1. The van der Waals surface area contributed by atoms with Crippen LogP contribution < -0.4 is 10.6 Å². The molecule has 172 valence electrons. The van der Waals surface area contributed by atoms with Gasteiger partial charge in [0, 0.05) is 21.4 Å². The minimum absolute atomic E-state index is 0.0583. The van der Waals surface area contributed by atoms with E-state index in [1.54, 1.807) is 0 Å². The van der Waals surface area contributed by atoms with Crippen LogP contribution in [0.3, 0.4) is 0 Å². The van der Waals surface area contributed by atoms with Crippen LogP contribution in [0.1, 0.15) is 28.8 Å². The van der Waals surface area contributed by atoms with Crippen molar-refractivity contribution in [3.63, 3.8) is 0 Å². The van der Waals surface area contributed by atoms with Crippen molar-refractivity contribution in [2.75, 3.05) is 10.6 Å². The van der Waals surface area contributed by atoms with E-state index in [2.05, 4.69) is 26.6 Å². The molecular weight excluding hydrogens is 561 g/mol. The number of carbonyl (C=O) groups excluding carboxylic acids is 2. The highest BCUT2D eigenvalue weighted by molar-refractivity contribution is 9.10. The molecule has 33 heavy (non-hydrogen) atoms. The van der Waals surface area contributed by atoms with E-state index < -0.39 is 28.1 Å². The average Bonchev–Trinajstić information content (AvgIpc) is 2.69. The van der Waals surface area contributed by atoms with Crippen LogP contribution in [0.15, 0.2) is 60.7 Å². The summed E-state index contributed by atoms with van der Waals surface area (Å²) in [7, 11) is 0. The van der Waals surface area contributed by atoms with E-state index in [9.17, 15) is 18.4 Å². The topological polar surface area (TPSA) is 58.2 Å². The molecule has 0 saturated carbocycles. The molecule has 0 fully saturated rings. The highest BCUT2D eigenvalue weighted by atomic mass is 79.9. The van der Waals surface area contributed by atoms with Gasteiger partial charge in [0.2, 0.25) is 5.91 Å². The molecule has 2 unspecified atom stereocenters. The number of amides is 2. The Morgan fingerprint density at radius 2 is 1.48 bits per heavy atom. The molecule has 0 radical (unpaired) electrons. The lowest BCUT2D eigenvalue weighted by atomic mass is 9.93. The fraction of sp³-hybridized carbons (Fsp3) is 0.130. The maximum Gasteiger partial charge on any atom is 0.257 e. The number of hydrogen-bond donors (Lipinski definition) is 2. The van der Waals surface area contributed by atoms with Gasteiger partial charge in [0.15, 0.2) is 4.58 Å². The summed E-state index contributed by atoms with van der Waals surface area (Å²) < 4.78 is 25.9. The summed E-state index contributed by atoms with van der Waals surface area (Å²) in [6, 6.07) is 13.8. The second-order valence-electron chi connectivity index (χ2n) is 7.24. The van der Waals surface area contributed by atoms with E-state index in [4.69, 9.17) is 34.8 Å². The summed E-state index contributed by atoms with van der Waals surface area (Å²) in [5, 5.41) is 5.81. The molecule has 0 aliphatic carbocycles. The van der Waals surface area contributed by atoms with Gasteiger partial charge in [0.05, 0.1) is 10.6 Å². The smallest absolute Gasteiger partial charge is 0.257 e. The molecule has 3 aromatic rings. The molecule has 10 heteroatoms. The first-order chi connectivity index (χ1) is 15.4. The number of alkyl halides is 2. The van der Waals surface area contributed by atoms with E-state index >= 15 is 0 Å². The summed E-state index contributed by atoms with van der Waals surface area (Å²) in [6.07, 6.45) is 0. The predicted octanol–water partition coefficient (Wildman–Crippen LogP) is 7.84. The predicted molar refractivity (Wildman–Crippen MR) is 132 cm³/mol. The van der Waals surface area contributed by atoms with Crippen molar-refractivity contribution in [1.82, 2.24) is 0 Å². The lowest BCUT2D eigenvalue weighted by Crippen LogP contribution is -2.33. The van der Waals surface area contributed by atoms with Gasteiger partial charge in [-0.15, -0.1) is 0 Å². The zero-order valence-electron chi connectivity index (χ0n) is 16.9. The molecule has 4 nitrogen and oxygen atoms in total. The number of anilines is 2. The van der Waals surface area contributed by atoms with Crippen LogP contribution in [-0.2, 0) is 4.79 Å². The SMILES string of the molecule is CC(F)(Br)C(C(=O)Nc1ccc(Cl)c(C(=O)Nc2ccc(F)cc2)c1)c1cc(Cl)cc(Cl)c1. The van der Waals surface area contributed by atoms with Gasteiger partial charge in [0.1, 0.15) is 11.7 Å². The van der Waals surface area contributed by atoms with Crippen LogP contribution >= 0.6 is 50.7 Å². The molecule has 2 N–H and O–H groups in total. The molecule has 0 saturated heterocycles. The Kier molecular flexibility index (Phi) is 8.00. The quantitative estimate of drug-likeness (QED) is 0.294. The molecule has 0 bridgehead atoms. The van der Waals surface area contributed by atoms with Crippen LogP contribution in [-0.4, -0.2) is 16.4 Å². The van der Waals surface area contributed by atoms with Gasteiger partial charge in [-0.05, 0) is 89.1 Å². The van der Waals surface area contributed by atoms with Gasteiger partial charge in [-0.2, -0.15) is 0 Å². The number of carbonyl (C=O) groups is 2. The number of hydrogen-bond acceptors (Lipinski definition) is 2. The first kappa shape index (κ1) is 25.4. The molecule has 3 aromatic carbocycles. The molecule has 0 spiro atoms. The van der Waals surface area contributed by atoms with Crippen LogP contribution in [0.4, 0.5) is 20.2 Å². The Morgan fingerprint density at radius 1 is 0.909 bits per heavy atom. The Hall–Kier alpha value is -2.19. The number of benzene rings is 3. The van der Waals surface area contributed by atoms with Crippen LogP contribution in [0.5, 0.6) is 0 Å². The standard InChI is InChI=1S/C23H16BrCl3F2N2O2/c1-23(24,29)20(12-8-13(25)10-14(26)9-12)22(33)31-17-6-7-19(27)18(11-17)21(32)30-16-4-2-15(28)3-5-16/h2-11,20H,1H3,(H,30,32)(H,31,33). The van der Waals surface area contributed by atoms with E-state index in [1.807, 2.05) is 0 Å². The molecule has 2 amide bonds. The van der Waals surface area contributed by atoms with Gasteiger partial charge in [0.25, 0.3) is 5.91 Å². The molecule has 0 aliphatic heterocycles. The van der Waals surface area contributed by atoms with Crippen LogP contribution in [0.2, 0.25) is 15.1 Å². The normalized spacial score (nSPS) is 13.7. The van der Waals surface area contributed by atoms with Crippen LogP contribution in [0, 0.1) is 5.82 Å². The molecule has 0 heterocycles. The van der Waals surface area contributed by atoms with E-state index in [-0.39, 0.29) is 31.9 Å². The third kappa shape index (κ3) is 6.67. The van der Waals surface area contributed by atoms with Crippen molar-refractivity contribution in [1.29, 1.82) is 0 Å². The van der Waals surface area contributed by atoms with E-state index in [0.717, 1.165) is 0 Å². The monoisotopic (exact) mass is 574 g/mol. The minimum atomic E-state index is -2.14. The Labute approximate surface area is 212 Å². The van der Waals surface area contributed by atoms with Crippen molar-refractivity contribution < 1.29 is 18.4 Å². The number of rotatable bonds is 6. The summed E-state index contributed by atoms with van der Waals surface area (Å²) in [5.74, 6) is -3.04. The van der Waals surface area contributed by atoms with Crippen molar-refractivity contribution in [3.8, 4) is 0 Å². The first-order valence-corrected chi connectivity index (χ1v) is 11.4. The van der Waals surface area contributed by atoms with Gasteiger partial charge >= 0.3 is 0 Å². The van der Waals surface area contributed by atoms with Gasteiger partial charge < -0.3 is 10.6 Å². The number of nitrogens with one attached hydrogen (secondary N) is 2. The first-order valence-electron chi connectivity index (χ1n) is 9.45. The summed E-state index contributed by atoms with van der Waals surface area (Å²) >= 11 is 21.1. The Morgan fingerprint density at radius 3 is 2.06 bits per heavy atom. The highest BCUT2D eigenvalue weighted by Gasteiger charge is 2.39. The summed E-state index contributed by atoms with van der Waals surface area (Å²) in [6.45, 7) is 1.19. The minimum Gasteiger partial charge on any atom is -0.325 e. The fourth-order valence-corrected chi connectivity index (χ4v) is 4.36. The molecular formula is C23H16BrCl3F2N2O2. The van der Waals surface area contributed by atoms with Crippen molar-refractivity contribution >= 4 is 73.9 Å². The Balaban J connectivity index is 1.86. The van der Waals surface area contributed by atoms with E-state index in [0.29, 0.717) is 5.69 Å². The van der Waals surface area contributed by atoms with Gasteiger partial charge in [-0.1, -0.05) is 34.8 Å². The van der Waals surface area contributed by atoms with Crippen molar-refractivity contribution in [2.24, 2.45) is 0 Å². The summed E-state index contributed by atoms with van der Waals surface area (Å²) in [4.78, 5) is 25.7. The lowest BCUT2D eigenvalue weighted by Gasteiger charge is -2.25. The molecule has 0 aliphatic rings. The zero-order chi connectivity index (χ0) is 24.3. The third-order valence-electron chi connectivity index (χ3n) is 4.57. The summed E-state index contributed by atoms with van der Waals surface area (Å²) in [5.41, 5.74) is 0.888. The zero-order valence-corrected chi connectivity index (χ0v) is 20.8. The Bertz CT molecular complexity index is 1180. The van der Waals surface area contributed by atoms with Crippen molar-refractivity contribution in [2.45, 2.75) is 17.4 Å². The van der Waals surface area contributed by atoms with E-state index in [1.165, 1.54) is 67.6 Å². The van der Waals surface area contributed by atoms with Crippen molar-refractivity contribution in [3.05, 3.63) is 92.7 Å². The maximum absolute atomic E-state index is 15.0. The van der Waals surface area contributed by atoms with Gasteiger partial charge in [-0.25, -0.2) is 8.78 Å². The average molecular weight is 577 g/mol. The second kappa shape index (κ2) is 10.4. The molecule has 0 aromatic heterocycles. The largest absolute Gasteiger partial charge is 0.325 e. The third-order valence-corrected chi connectivity index (χ3v) is 5.79. The maximum atomic E-state index is 15.0. The number of halogens is 6. The van der Waals surface area contributed by atoms with Crippen LogP contribution in [0.25, 0.3) is 0 Å². The molecule has 3 rings (SSSR count).